The molecule has 5 nitrogen and oxygen atoms in total. The Morgan fingerprint density at radius 2 is 1.95 bits per heavy atom. The van der Waals surface area contributed by atoms with E-state index in [-0.39, 0.29) is 0 Å². The number of pyridine rings is 1. The fraction of sp³-hybridized carbons (Fsp3) is 0.0714. The molecule has 0 aliphatic rings. The molecular formula is C14H11BrN4O. The Morgan fingerprint density at radius 3 is 2.75 bits per heavy atom. The summed E-state index contributed by atoms with van der Waals surface area (Å²) in [6.45, 7) is 0. The van der Waals surface area contributed by atoms with Gasteiger partial charge in [-0.1, -0.05) is 30.3 Å². The van der Waals surface area contributed by atoms with Gasteiger partial charge in [0.25, 0.3) is 5.89 Å². The number of aromatic nitrogens is 3. The van der Waals surface area contributed by atoms with Crippen LogP contribution in [-0.4, -0.2) is 15.2 Å². The van der Waals surface area contributed by atoms with Gasteiger partial charge in [0.1, 0.15) is 5.82 Å². The molecule has 2 heterocycles. The summed E-state index contributed by atoms with van der Waals surface area (Å²) in [4.78, 5) is 4.05. The number of anilines is 1. The van der Waals surface area contributed by atoms with Crippen molar-refractivity contribution in [3.8, 4) is 11.5 Å². The molecule has 0 atom stereocenters. The van der Waals surface area contributed by atoms with Gasteiger partial charge in [-0.15, -0.1) is 10.2 Å². The summed E-state index contributed by atoms with van der Waals surface area (Å²) in [5.41, 5.74) is 7.57. The summed E-state index contributed by atoms with van der Waals surface area (Å²) in [6.07, 6.45) is 2.22. The van der Waals surface area contributed by atoms with Crippen LogP contribution in [0, 0.1) is 0 Å². The lowest BCUT2D eigenvalue weighted by Gasteiger charge is -2.00. The van der Waals surface area contributed by atoms with Crippen molar-refractivity contribution >= 4 is 21.7 Å². The molecule has 0 radical (unpaired) electrons. The summed E-state index contributed by atoms with van der Waals surface area (Å²) in [7, 11) is 0. The van der Waals surface area contributed by atoms with Crippen LogP contribution in [0.1, 0.15) is 11.5 Å². The molecule has 0 bridgehead atoms. The molecule has 0 amide bonds. The summed E-state index contributed by atoms with van der Waals surface area (Å²) < 4.78 is 6.46. The second kappa shape index (κ2) is 5.42. The molecule has 20 heavy (non-hydrogen) atoms. The maximum Gasteiger partial charge on any atom is 0.251 e. The van der Waals surface area contributed by atoms with Crippen LogP contribution in [0.25, 0.3) is 11.5 Å². The third kappa shape index (κ3) is 2.70. The average Bonchev–Trinajstić information content (AvgIpc) is 2.91. The summed E-state index contributed by atoms with van der Waals surface area (Å²) in [6, 6.07) is 11.8. The molecule has 1 aromatic carbocycles. The van der Waals surface area contributed by atoms with E-state index in [0.29, 0.717) is 29.6 Å². The van der Waals surface area contributed by atoms with E-state index in [9.17, 15) is 0 Å². The zero-order valence-electron chi connectivity index (χ0n) is 10.5. The van der Waals surface area contributed by atoms with Crippen molar-refractivity contribution in [3.63, 3.8) is 0 Å². The van der Waals surface area contributed by atoms with E-state index in [1.54, 1.807) is 6.20 Å². The van der Waals surface area contributed by atoms with Gasteiger partial charge in [0.2, 0.25) is 5.89 Å². The van der Waals surface area contributed by atoms with E-state index in [4.69, 9.17) is 10.2 Å². The number of halogens is 1. The van der Waals surface area contributed by atoms with Crippen LogP contribution >= 0.6 is 15.9 Å². The number of rotatable bonds is 3. The third-order valence-corrected chi connectivity index (χ3v) is 3.21. The third-order valence-electron chi connectivity index (χ3n) is 2.78. The van der Waals surface area contributed by atoms with E-state index in [1.807, 2.05) is 36.4 Å². The zero-order chi connectivity index (χ0) is 13.9. The molecule has 6 heteroatoms. The van der Waals surface area contributed by atoms with Gasteiger partial charge < -0.3 is 10.2 Å². The Morgan fingerprint density at radius 1 is 1.15 bits per heavy atom. The van der Waals surface area contributed by atoms with Crippen LogP contribution < -0.4 is 5.73 Å². The molecule has 0 aliphatic heterocycles. The molecule has 0 fully saturated rings. The van der Waals surface area contributed by atoms with Gasteiger partial charge in [-0.3, -0.25) is 0 Å². The van der Waals surface area contributed by atoms with Gasteiger partial charge in [0, 0.05) is 10.7 Å². The molecular weight excluding hydrogens is 320 g/mol. The number of nitrogens with two attached hydrogens (primary N) is 1. The van der Waals surface area contributed by atoms with Gasteiger partial charge in [0.05, 0.1) is 12.0 Å². The second-order valence-corrected chi connectivity index (χ2v) is 5.17. The Bertz CT molecular complexity index is 727. The van der Waals surface area contributed by atoms with Crippen LogP contribution in [-0.2, 0) is 6.42 Å². The number of benzene rings is 1. The molecule has 0 saturated carbocycles. The molecule has 2 N–H and O–H groups in total. The Labute approximate surface area is 124 Å². The minimum absolute atomic E-state index is 0.364. The van der Waals surface area contributed by atoms with Gasteiger partial charge >= 0.3 is 0 Å². The van der Waals surface area contributed by atoms with Crippen molar-refractivity contribution in [2.24, 2.45) is 0 Å². The summed E-state index contributed by atoms with van der Waals surface area (Å²) >= 11 is 3.35. The molecule has 3 rings (SSSR count). The SMILES string of the molecule is Nc1ncc(Br)cc1-c1nnc(Cc2ccccc2)o1. The molecule has 0 unspecified atom stereocenters. The topological polar surface area (TPSA) is 77.8 Å². The van der Waals surface area contributed by atoms with E-state index < -0.39 is 0 Å². The van der Waals surface area contributed by atoms with Gasteiger partial charge in [-0.25, -0.2) is 4.98 Å². The molecule has 0 aliphatic carbocycles. The summed E-state index contributed by atoms with van der Waals surface area (Å²) in [5.74, 6) is 1.29. The number of nitrogen functional groups attached to an aromatic ring is 1. The summed E-state index contributed by atoms with van der Waals surface area (Å²) in [5, 5.41) is 8.07. The first-order valence-electron chi connectivity index (χ1n) is 6.00. The minimum atomic E-state index is 0.364. The minimum Gasteiger partial charge on any atom is -0.420 e. The highest BCUT2D eigenvalue weighted by Crippen LogP contribution is 2.26. The highest BCUT2D eigenvalue weighted by molar-refractivity contribution is 9.10. The first kappa shape index (κ1) is 12.8. The maximum absolute atomic E-state index is 5.82. The smallest absolute Gasteiger partial charge is 0.251 e. The van der Waals surface area contributed by atoms with E-state index in [0.717, 1.165) is 10.0 Å². The van der Waals surface area contributed by atoms with E-state index in [1.165, 1.54) is 0 Å². The van der Waals surface area contributed by atoms with E-state index in [2.05, 4.69) is 31.1 Å². The maximum atomic E-state index is 5.82. The molecule has 0 saturated heterocycles. The van der Waals surface area contributed by atoms with Gasteiger partial charge in [0.15, 0.2) is 0 Å². The van der Waals surface area contributed by atoms with Crippen molar-refractivity contribution in [2.75, 3.05) is 5.73 Å². The molecule has 100 valence electrons. The zero-order valence-corrected chi connectivity index (χ0v) is 12.0. The van der Waals surface area contributed by atoms with E-state index >= 15 is 0 Å². The highest BCUT2D eigenvalue weighted by Gasteiger charge is 2.13. The van der Waals surface area contributed by atoms with Crippen LogP contribution in [0.5, 0.6) is 0 Å². The first-order valence-corrected chi connectivity index (χ1v) is 6.79. The number of hydrogen-bond donors (Lipinski definition) is 1. The lowest BCUT2D eigenvalue weighted by molar-refractivity contribution is 0.518. The van der Waals surface area contributed by atoms with Gasteiger partial charge in [-0.05, 0) is 27.6 Å². The van der Waals surface area contributed by atoms with Crippen molar-refractivity contribution < 1.29 is 4.42 Å². The fourth-order valence-electron chi connectivity index (χ4n) is 1.83. The van der Waals surface area contributed by atoms with Crippen molar-refractivity contribution in [1.29, 1.82) is 0 Å². The lowest BCUT2D eigenvalue weighted by Crippen LogP contribution is -1.93. The van der Waals surface area contributed by atoms with Crippen molar-refractivity contribution in [3.05, 3.63) is 58.5 Å². The molecule has 3 aromatic rings. The standard InChI is InChI=1S/C14H11BrN4O/c15-10-7-11(13(16)17-8-10)14-19-18-12(20-14)6-9-4-2-1-3-5-9/h1-5,7-8H,6H2,(H2,16,17). The second-order valence-electron chi connectivity index (χ2n) is 4.25. The van der Waals surface area contributed by atoms with Crippen molar-refractivity contribution in [1.82, 2.24) is 15.2 Å². The predicted octanol–water partition coefficient (Wildman–Crippen LogP) is 3.07. The van der Waals surface area contributed by atoms with Crippen LogP contribution in [0.4, 0.5) is 5.82 Å². The Hall–Kier alpha value is -2.21. The fourth-order valence-corrected chi connectivity index (χ4v) is 2.16. The largest absolute Gasteiger partial charge is 0.420 e. The van der Waals surface area contributed by atoms with Crippen LogP contribution in [0.15, 0.2) is 51.5 Å². The van der Waals surface area contributed by atoms with Crippen LogP contribution in [0.3, 0.4) is 0 Å². The quantitative estimate of drug-likeness (QED) is 0.798. The first-order chi connectivity index (χ1) is 9.72. The monoisotopic (exact) mass is 330 g/mol. The molecule has 0 spiro atoms. The predicted molar refractivity (Wildman–Crippen MR) is 78.9 cm³/mol. The average molecular weight is 331 g/mol. The Kier molecular flexibility index (Phi) is 3.47. The lowest BCUT2D eigenvalue weighted by atomic mass is 10.2. The highest BCUT2D eigenvalue weighted by atomic mass is 79.9. The number of hydrogen-bond acceptors (Lipinski definition) is 5. The molecule has 2 aromatic heterocycles. The number of nitrogens with zero attached hydrogens (tertiary/aromatic N) is 3. The van der Waals surface area contributed by atoms with Gasteiger partial charge in [-0.2, -0.15) is 0 Å². The van der Waals surface area contributed by atoms with Crippen molar-refractivity contribution in [2.45, 2.75) is 6.42 Å². The Balaban J connectivity index is 1.88. The van der Waals surface area contributed by atoms with Crippen LogP contribution in [0.2, 0.25) is 0 Å². The normalized spacial score (nSPS) is 10.7.